The van der Waals surface area contributed by atoms with E-state index >= 15 is 0 Å². The molecule has 2 N–H and O–H groups in total. The maximum Gasteiger partial charge on any atom is 0.322 e. The van der Waals surface area contributed by atoms with Crippen molar-refractivity contribution in [1.29, 1.82) is 0 Å². The quantitative estimate of drug-likeness (QED) is 0.809. The molecule has 1 aromatic rings. The van der Waals surface area contributed by atoms with E-state index in [1.54, 1.807) is 0 Å². The summed E-state index contributed by atoms with van der Waals surface area (Å²) in [4.78, 5) is 10.6. The first-order valence-corrected chi connectivity index (χ1v) is 7.15. The molecule has 1 aromatic carbocycles. The Kier molecular flexibility index (Phi) is 5.20. The van der Waals surface area contributed by atoms with Crippen molar-refractivity contribution >= 4 is 39.2 Å². The molecule has 0 saturated heterocycles. The van der Waals surface area contributed by atoms with Gasteiger partial charge in [-0.3, -0.25) is 4.79 Å². The maximum absolute atomic E-state index is 12.0. The summed E-state index contributed by atoms with van der Waals surface area (Å²) >= 11 is 11.4. The Morgan fingerprint density at radius 2 is 1.89 bits per heavy atom. The number of terminal acetylenes is 1. The number of nitrogens with one attached hydrogen (secondary N) is 1. The summed E-state index contributed by atoms with van der Waals surface area (Å²) in [5.41, 5.74) is 0. The molecule has 102 valence electrons. The first-order chi connectivity index (χ1) is 8.76. The minimum absolute atomic E-state index is 0.122. The molecule has 0 radical (unpaired) electrons. The Morgan fingerprint density at radius 3 is 2.32 bits per heavy atom. The van der Waals surface area contributed by atoms with Crippen LogP contribution in [0.1, 0.15) is 6.42 Å². The molecular formula is C11H9Cl2NO4S. The van der Waals surface area contributed by atoms with Gasteiger partial charge in [0.25, 0.3) is 0 Å². The van der Waals surface area contributed by atoms with Crippen molar-refractivity contribution in [3.63, 3.8) is 0 Å². The van der Waals surface area contributed by atoms with Gasteiger partial charge < -0.3 is 5.11 Å². The van der Waals surface area contributed by atoms with E-state index in [4.69, 9.17) is 34.7 Å². The molecule has 8 heteroatoms. The lowest BCUT2D eigenvalue weighted by Gasteiger charge is -2.12. The molecule has 1 atom stereocenters. The number of rotatable bonds is 5. The largest absolute Gasteiger partial charge is 0.480 e. The van der Waals surface area contributed by atoms with Gasteiger partial charge in [0.1, 0.15) is 6.04 Å². The summed E-state index contributed by atoms with van der Waals surface area (Å²) in [6, 6.07) is 2.26. The number of benzene rings is 1. The van der Waals surface area contributed by atoms with Gasteiger partial charge >= 0.3 is 5.97 Å². The second kappa shape index (κ2) is 6.26. The highest BCUT2D eigenvalue weighted by Gasteiger charge is 2.25. The summed E-state index contributed by atoms with van der Waals surface area (Å²) in [6.07, 6.45) is 4.71. The minimum Gasteiger partial charge on any atom is -0.480 e. The standard InChI is InChI=1S/C11H9Cl2NO4S/c1-2-3-10(11(15)16)14-19(17,18)9-5-7(12)4-8(13)6-9/h1,4-6,10,14H,3H2,(H,15,16). The van der Waals surface area contributed by atoms with Crippen LogP contribution in [0, 0.1) is 12.3 Å². The minimum atomic E-state index is -4.07. The van der Waals surface area contributed by atoms with E-state index in [1.165, 1.54) is 6.07 Å². The number of carboxylic acids is 1. The van der Waals surface area contributed by atoms with Gasteiger partial charge in [-0.15, -0.1) is 12.3 Å². The van der Waals surface area contributed by atoms with Gasteiger partial charge in [0.15, 0.2) is 0 Å². The Bertz CT molecular complexity index is 616. The fourth-order valence-electron chi connectivity index (χ4n) is 1.24. The van der Waals surface area contributed by atoms with Gasteiger partial charge in [0.2, 0.25) is 10.0 Å². The highest BCUT2D eigenvalue weighted by Crippen LogP contribution is 2.22. The fourth-order valence-corrected chi connectivity index (χ4v) is 3.15. The molecule has 1 rings (SSSR count). The molecule has 0 amide bonds. The first-order valence-electron chi connectivity index (χ1n) is 4.91. The van der Waals surface area contributed by atoms with Gasteiger partial charge in [-0.1, -0.05) is 23.2 Å². The number of hydrogen-bond acceptors (Lipinski definition) is 3. The molecule has 19 heavy (non-hydrogen) atoms. The lowest BCUT2D eigenvalue weighted by Crippen LogP contribution is -2.40. The van der Waals surface area contributed by atoms with Crippen LogP contribution in [0.15, 0.2) is 23.1 Å². The third-order valence-electron chi connectivity index (χ3n) is 2.06. The molecule has 0 saturated carbocycles. The van der Waals surface area contributed by atoms with Crippen molar-refractivity contribution in [1.82, 2.24) is 4.72 Å². The van der Waals surface area contributed by atoms with Crippen LogP contribution in [0.25, 0.3) is 0 Å². The van der Waals surface area contributed by atoms with E-state index in [2.05, 4.69) is 5.92 Å². The van der Waals surface area contributed by atoms with Crippen LogP contribution in [0.5, 0.6) is 0 Å². The van der Waals surface area contributed by atoms with Gasteiger partial charge in [0, 0.05) is 16.5 Å². The normalized spacial score (nSPS) is 12.7. The van der Waals surface area contributed by atoms with Crippen LogP contribution in [-0.2, 0) is 14.8 Å². The molecular weight excluding hydrogens is 313 g/mol. The van der Waals surface area contributed by atoms with Gasteiger partial charge in [0.05, 0.1) is 4.90 Å². The zero-order valence-corrected chi connectivity index (χ0v) is 11.8. The van der Waals surface area contributed by atoms with Crippen LogP contribution in [0.3, 0.4) is 0 Å². The predicted octanol–water partition coefficient (Wildman–Crippen LogP) is 1.75. The van der Waals surface area contributed by atoms with E-state index in [0.717, 1.165) is 12.1 Å². The number of halogens is 2. The van der Waals surface area contributed by atoms with Crippen LogP contribution in [0.4, 0.5) is 0 Å². The third kappa shape index (κ3) is 4.40. The Hall–Kier alpha value is -1.26. The fraction of sp³-hybridized carbons (Fsp3) is 0.182. The number of carbonyl (C=O) groups is 1. The van der Waals surface area contributed by atoms with Gasteiger partial charge in [-0.05, 0) is 18.2 Å². The van der Waals surface area contributed by atoms with E-state index in [9.17, 15) is 13.2 Å². The van der Waals surface area contributed by atoms with Crippen LogP contribution >= 0.6 is 23.2 Å². The second-order valence-electron chi connectivity index (χ2n) is 3.53. The summed E-state index contributed by atoms with van der Waals surface area (Å²) in [5, 5.41) is 9.09. The summed E-state index contributed by atoms with van der Waals surface area (Å²) < 4.78 is 25.9. The molecule has 0 aliphatic heterocycles. The molecule has 5 nitrogen and oxygen atoms in total. The lowest BCUT2D eigenvalue weighted by molar-refractivity contribution is -0.138. The van der Waals surface area contributed by atoms with Crippen molar-refractivity contribution in [3.8, 4) is 12.3 Å². The van der Waals surface area contributed by atoms with E-state index in [1.807, 2.05) is 4.72 Å². The molecule has 0 fully saturated rings. The Balaban J connectivity index is 3.10. The highest BCUT2D eigenvalue weighted by molar-refractivity contribution is 7.89. The van der Waals surface area contributed by atoms with E-state index in [0.29, 0.717) is 0 Å². The molecule has 0 aromatic heterocycles. The smallest absolute Gasteiger partial charge is 0.322 e. The zero-order chi connectivity index (χ0) is 14.6. The first kappa shape index (κ1) is 15.8. The Labute approximate surface area is 120 Å². The van der Waals surface area contributed by atoms with Crippen LogP contribution in [-0.4, -0.2) is 25.5 Å². The van der Waals surface area contributed by atoms with E-state index in [-0.39, 0.29) is 21.4 Å². The second-order valence-corrected chi connectivity index (χ2v) is 6.11. The van der Waals surface area contributed by atoms with Gasteiger partial charge in [-0.25, -0.2) is 8.42 Å². The SMILES string of the molecule is C#CCC(NS(=O)(=O)c1cc(Cl)cc(Cl)c1)C(=O)O. The van der Waals surface area contributed by atoms with Crippen molar-refractivity contribution in [2.75, 3.05) is 0 Å². The van der Waals surface area contributed by atoms with Gasteiger partial charge in [-0.2, -0.15) is 4.72 Å². The lowest BCUT2D eigenvalue weighted by atomic mass is 10.2. The molecule has 0 aliphatic rings. The van der Waals surface area contributed by atoms with Crippen LogP contribution < -0.4 is 4.72 Å². The molecule has 0 bridgehead atoms. The summed E-state index contributed by atoms with van der Waals surface area (Å²) in [5.74, 6) is 0.720. The zero-order valence-electron chi connectivity index (χ0n) is 9.43. The van der Waals surface area contributed by atoms with Crippen molar-refractivity contribution < 1.29 is 18.3 Å². The predicted molar refractivity (Wildman–Crippen MR) is 71.7 cm³/mol. The average Bonchev–Trinajstić information content (AvgIpc) is 2.26. The summed E-state index contributed by atoms with van der Waals surface area (Å²) in [7, 11) is -4.07. The molecule has 0 spiro atoms. The number of hydrogen-bond donors (Lipinski definition) is 2. The number of carboxylic acid groups (broad SMARTS) is 1. The molecule has 1 unspecified atom stereocenters. The maximum atomic E-state index is 12.0. The molecule has 0 aliphatic carbocycles. The highest BCUT2D eigenvalue weighted by atomic mass is 35.5. The monoisotopic (exact) mass is 321 g/mol. The molecule has 0 heterocycles. The number of sulfonamides is 1. The number of aliphatic carboxylic acids is 1. The van der Waals surface area contributed by atoms with Crippen molar-refractivity contribution in [2.45, 2.75) is 17.4 Å². The Morgan fingerprint density at radius 1 is 1.37 bits per heavy atom. The van der Waals surface area contributed by atoms with E-state index < -0.39 is 22.0 Å². The summed E-state index contributed by atoms with van der Waals surface area (Å²) in [6.45, 7) is 0. The van der Waals surface area contributed by atoms with Crippen molar-refractivity contribution in [3.05, 3.63) is 28.2 Å². The third-order valence-corrected chi connectivity index (χ3v) is 3.95. The van der Waals surface area contributed by atoms with Crippen molar-refractivity contribution in [2.24, 2.45) is 0 Å². The van der Waals surface area contributed by atoms with Crippen LogP contribution in [0.2, 0.25) is 10.0 Å². The average molecular weight is 322 g/mol. The topological polar surface area (TPSA) is 83.5 Å².